The predicted molar refractivity (Wildman–Crippen MR) is 104 cm³/mol. The summed E-state index contributed by atoms with van der Waals surface area (Å²) in [6, 6.07) is -2.05. The van der Waals surface area contributed by atoms with Crippen molar-refractivity contribution in [3.8, 4) is 0 Å². The zero-order valence-electron chi connectivity index (χ0n) is 18.2. The molecule has 4 atom stereocenters. The number of carbonyl (C=O) groups excluding carboxylic acids is 2. The molecule has 2 N–H and O–H groups in total. The number of halogens is 2. The van der Waals surface area contributed by atoms with Crippen LogP contribution in [0.2, 0.25) is 0 Å². The van der Waals surface area contributed by atoms with Crippen molar-refractivity contribution in [2.24, 2.45) is 23.2 Å². The van der Waals surface area contributed by atoms with Crippen molar-refractivity contribution in [1.29, 1.82) is 0 Å². The van der Waals surface area contributed by atoms with Gasteiger partial charge >= 0.3 is 12.1 Å². The molecule has 7 nitrogen and oxygen atoms in total. The molecule has 1 heterocycles. The lowest BCUT2D eigenvalue weighted by Gasteiger charge is -2.37. The molecule has 1 aliphatic heterocycles. The van der Waals surface area contributed by atoms with Gasteiger partial charge in [0, 0.05) is 25.3 Å². The summed E-state index contributed by atoms with van der Waals surface area (Å²) in [4.78, 5) is 39.0. The summed E-state index contributed by atoms with van der Waals surface area (Å²) in [5.41, 5.74) is -0.943. The molecule has 0 aromatic carbocycles. The topological polar surface area (TPSA) is 95.9 Å². The Balaban J connectivity index is 1.80. The van der Waals surface area contributed by atoms with Gasteiger partial charge < -0.3 is 20.1 Å². The maximum absolute atomic E-state index is 13.7. The average Bonchev–Trinajstić information content (AvgIpc) is 2.93. The zero-order valence-corrected chi connectivity index (χ0v) is 18.2. The first-order valence-electron chi connectivity index (χ1n) is 10.5. The number of fused-ring (bicyclic) bond motifs is 1. The highest BCUT2D eigenvalue weighted by Crippen LogP contribution is 2.65. The minimum Gasteiger partial charge on any atom is -0.480 e. The predicted octanol–water partition coefficient (Wildman–Crippen LogP) is 3.27. The van der Waals surface area contributed by atoms with Crippen LogP contribution in [0.15, 0.2) is 0 Å². The zero-order chi connectivity index (χ0) is 22.6. The third-order valence-electron chi connectivity index (χ3n) is 6.92. The molecule has 0 aromatic rings. The van der Waals surface area contributed by atoms with E-state index in [0.29, 0.717) is 6.54 Å². The highest BCUT2D eigenvalue weighted by Gasteiger charge is 2.70. The van der Waals surface area contributed by atoms with E-state index in [1.165, 1.54) is 4.90 Å². The molecule has 0 aromatic heterocycles. The number of likely N-dealkylation sites (tertiary alicyclic amines) is 1. The van der Waals surface area contributed by atoms with Crippen molar-refractivity contribution in [2.45, 2.75) is 83.9 Å². The summed E-state index contributed by atoms with van der Waals surface area (Å²) in [6.07, 6.45) is -1.39. The number of amides is 2. The van der Waals surface area contributed by atoms with Crippen LogP contribution in [0.3, 0.4) is 0 Å². The molecule has 3 rings (SSSR count). The van der Waals surface area contributed by atoms with Gasteiger partial charge in [-0.05, 0) is 50.9 Å². The molecular weight excluding hydrogens is 398 g/mol. The van der Waals surface area contributed by atoms with Gasteiger partial charge in [-0.3, -0.25) is 4.79 Å². The maximum Gasteiger partial charge on any atom is 0.408 e. The molecule has 3 fully saturated rings. The lowest BCUT2D eigenvalue weighted by atomic mass is 9.81. The smallest absolute Gasteiger partial charge is 0.408 e. The summed E-state index contributed by atoms with van der Waals surface area (Å²) in [6.45, 7) is 9.31. The number of hydrogen-bond donors (Lipinski definition) is 2. The Bertz CT molecular complexity index is 723. The van der Waals surface area contributed by atoms with E-state index in [9.17, 15) is 28.3 Å². The third kappa shape index (κ3) is 4.39. The summed E-state index contributed by atoms with van der Waals surface area (Å²) in [5, 5.41) is 12.3. The Hall–Kier alpha value is -1.93. The van der Waals surface area contributed by atoms with Crippen LogP contribution in [0.4, 0.5) is 13.6 Å². The summed E-state index contributed by atoms with van der Waals surface area (Å²) in [7, 11) is 0. The number of carboxylic acid groups (broad SMARTS) is 1. The van der Waals surface area contributed by atoms with Gasteiger partial charge in [0.2, 0.25) is 11.8 Å². The maximum atomic E-state index is 13.7. The van der Waals surface area contributed by atoms with E-state index in [0.717, 1.165) is 0 Å². The van der Waals surface area contributed by atoms with Gasteiger partial charge in [-0.2, -0.15) is 0 Å². The molecule has 3 aliphatic rings. The Morgan fingerprint density at radius 1 is 1.17 bits per heavy atom. The molecule has 0 unspecified atom stereocenters. The third-order valence-corrected chi connectivity index (χ3v) is 6.92. The lowest BCUT2D eigenvalue weighted by molar-refractivity contribution is -0.152. The van der Waals surface area contributed by atoms with E-state index in [2.05, 4.69) is 5.32 Å². The molecular formula is C21H32F2N2O5. The number of aliphatic carboxylic acids is 1. The van der Waals surface area contributed by atoms with Crippen molar-refractivity contribution in [3.05, 3.63) is 0 Å². The molecule has 2 amide bonds. The van der Waals surface area contributed by atoms with E-state index in [-0.39, 0.29) is 42.9 Å². The van der Waals surface area contributed by atoms with Gasteiger partial charge in [0.15, 0.2) is 0 Å². The van der Waals surface area contributed by atoms with Crippen molar-refractivity contribution in [1.82, 2.24) is 10.2 Å². The van der Waals surface area contributed by atoms with Gasteiger partial charge in [0.25, 0.3) is 0 Å². The first-order chi connectivity index (χ1) is 13.6. The Labute approximate surface area is 175 Å². The fourth-order valence-corrected chi connectivity index (χ4v) is 5.19. The van der Waals surface area contributed by atoms with Crippen LogP contribution in [0.1, 0.15) is 60.3 Å². The summed E-state index contributed by atoms with van der Waals surface area (Å²) < 4.78 is 32.6. The van der Waals surface area contributed by atoms with Crippen molar-refractivity contribution in [2.75, 3.05) is 6.54 Å². The molecule has 170 valence electrons. The van der Waals surface area contributed by atoms with Gasteiger partial charge in [0.1, 0.15) is 17.7 Å². The highest BCUT2D eigenvalue weighted by atomic mass is 19.3. The van der Waals surface area contributed by atoms with E-state index < -0.39 is 47.5 Å². The summed E-state index contributed by atoms with van der Waals surface area (Å²) in [5.74, 6) is -4.93. The first-order valence-corrected chi connectivity index (χ1v) is 10.5. The fraction of sp³-hybridized carbons (Fsp3) is 0.857. The molecule has 0 bridgehead atoms. The number of piperidine rings is 1. The Kier molecular flexibility index (Phi) is 5.56. The van der Waals surface area contributed by atoms with E-state index in [4.69, 9.17) is 4.74 Å². The summed E-state index contributed by atoms with van der Waals surface area (Å²) >= 11 is 0. The Morgan fingerprint density at radius 2 is 1.73 bits per heavy atom. The second-order valence-corrected chi connectivity index (χ2v) is 10.5. The van der Waals surface area contributed by atoms with Crippen molar-refractivity contribution in [3.63, 3.8) is 0 Å². The van der Waals surface area contributed by atoms with Crippen LogP contribution in [0, 0.1) is 23.2 Å². The number of alkyl halides is 2. The standard InChI is InChI=1S/C21H32F2N2O5/c1-19(2,3)30-18(29)24-14(11-6-8-21(22,23)9-7-11)16(26)25-10-12-13(20(12,4)5)15(25)17(27)28/h11-15H,6-10H2,1-5H3,(H,24,29)(H,27,28)/t12-,13-,14-,15-/m0/s1. The van der Waals surface area contributed by atoms with Crippen LogP contribution < -0.4 is 5.32 Å². The number of carbonyl (C=O) groups is 3. The number of hydrogen-bond acceptors (Lipinski definition) is 4. The SMILES string of the molecule is CC(C)(C)OC(=O)N[C@H](C(=O)N1C[C@H]2[C@@H]([C@H]1C(=O)O)C2(C)C)C1CCC(F)(F)CC1. The fourth-order valence-electron chi connectivity index (χ4n) is 5.19. The van der Waals surface area contributed by atoms with Crippen LogP contribution in [-0.4, -0.2) is 58.1 Å². The minimum atomic E-state index is -2.78. The van der Waals surface area contributed by atoms with Crippen LogP contribution in [0.5, 0.6) is 0 Å². The van der Waals surface area contributed by atoms with E-state index >= 15 is 0 Å². The van der Waals surface area contributed by atoms with Gasteiger partial charge in [-0.1, -0.05) is 13.8 Å². The minimum absolute atomic E-state index is 0.0726. The van der Waals surface area contributed by atoms with Crippen molar-refractivity contribution >= 4 is 18.0 Å². The quantitative estimate of drug-likeness (QED) is 0.714. The van der Waals surface area contributed by atoms with Crippen molar-refractivity contribution < 1.29 is 33.0 Å². The van der Waals surface area contributed by atoms with Crippen LogP contribution in [0.25, 0.3) is 0 Å². The molecule has 9 heteroatoms. The lowest BCUT2D eigenvalue weighted by Crippen LogP contribution is -2.57. The number of rotatable bonds is 4. The van der Waals surface area contributed by atoms with Gasteiger partial charge in [-0.25, -0.2) is 18.4 Å². The number of carboxylic acids is 1. The Morgan fingerprint density at radius 3 is 2.23 bits per heavy atom. The van der Waals surface area contributed by atoms with E-state index in [1.807, 2.05) is 13.8 Å². The molecule has 2 saturated carbocycles. The largest absolute Gasteiger partial charge is 0.480 e. The highest BCUT2D eigenvalue weighted by molar-refractivity contribution is 5.91. The number of alkyl carbamates (subject to hydrolysis) is 1. The van der Waals surface area contributed by atoms with Gasteiger partial charge in [-0.15, -0.1) is 0 Å². The number of nitrogens with one attached hydrogen (secondary N) is 1. The second-order valence-electron chi connectivity index (χ2n) is 10.5. The van der Waals surface area contributed by atoms with Crippen LogP contribution in [-0.2, 0) is 14.3 Å². The van der Waals surface area contributed by atoms with E-state index in [1.54, 1.807) is 20.8 Å². The monoisotopic (exact) mass is 430 g/mol. The molecule has 2 aliphatic carbocycles. The van der Waals surface area contributed by atoms with Crippen LogP contribution >= 0.6 is 0 Å². The van der Waals surface area contributed by atoms with Gasteiger partial charge in [0.05, 0.1) is 0 Å². The molecule has 0 radical (unpaired) electrons. The molecule has 0 spiro atoms. The average molecular weight is 430 g/mol. The second kappa shape index (κ2) is 7.34. The molecule has 30 heavy (non-hydrogen) atoms. The normalized spacial score (nSPS) is 30.9. The number of nitrogens with zero attached hydrogens (tertiary/aromatic N) is 1. The first kappa shape index (κ1) is 22.7. The molecule has 1 saturated heterocycles. The number of ether oxygens (including phenoxy) is 1.